The lowest BCUT2D eigenvalue weighted by Gasteiger charge is -2.23. The van der Waals surface area contributed by atoms with Gasteiger partial charge in [-0.05, 0) is 12.8 Å². The van der Waals surface area contributed by atoms with Gasteiger partial charge in [0.05, 0.1) is 0 Å². The molecule has 0 saturated heterocycles. The van der Waals surface area contributed by atoms with Crippen molar-refractivity contribution in [1.29, 1.82) is 0 Å². The number of rotatable bonds is 7. The van der Waals surface area contributed by atoms with Gasteiger partial charge in [0.2, 0.25) is 0 Å². The SMILES string of the molecule is CCCCCCC(CCO)C(Cl)(Cl)Cl. The highest BCUT2D eigenvalue weighted by molar-refractivity contribution is 6.67. The molecule has 0 spiro atoms. The zero-order valence-corrected chi connectivity index (χ0v) is 10.9. The molecule has 0 aromatic heterocycles. The van der Waals surface area contributed by atoms with E-state index in [1.165, 1.54) is 19.3 Å². The lowest BCUT2D eigenvalue weighted by atomic mass is 9.99. The lowest BCUT2D eigenvalue weighted by Crippen LogP contribution is -2.20. The molecule has 0 amide bonds. The van der Waals surface area contributed by atoms with Gasteiger partial charge in [-0.3, -0.25) is 0 Å². The van der Waals surface area contributed by atoms with Crippen LogP contribution in [0.25, 0.3) is 0 Å². The second-order valence-electron chi connectivity index (χ2n) is 3.60. The third-order valence-corrected chi connectivity index (χ3v) is 3.27. The Morgan fingerprint density at radius 1 is 1.07 bits per heavy atom. The first-order valence-corrected chi connectivity index (χ1v) is 6.33. The van der Waals surface area contributed by atoms with Crippen LogP contribution in [0.5, 0.6) is 0 Å². The van der Waals surface area contributed by atoms with E-state index in [2.05, 4.69) is 6.92 Å². The lowest BCUT2D eigenvalue weighted by molar-refractivity contribution is 0.250. The van der Waals surface area contributed by atoms with Crippen molar-refractivity contribution in [2.24, 2.45) is 5.92 Å². The van der Waals surface area contributed by atoms with Crippen molar-refractivity contribution in [3.05, 3.63) is 0 Å². The Hall–Kier alpha value is 0.830. The maximum absolute atomic E-state index is 8.83. The summed E-state index contributed by atoms with van der Waals surface area (Å²) in [6.07, 6.45) is 6.15. The van der Waals surface area contributed by atoms with E-state index in [0.717, 1.165) is 12.8 Å². The summed E-state index contributed by atoms with van der Waals surface area (Å²) in [6.45, 7) is 2.26. The second kappa shape index (κ2) is 8.04. The average molecular weight is 262 g/mol. The quantitative estimate of drug-likeness (QED) is 0.534. The molecule has 0 radical (unpaired) electrons. The van der Waals surface area contributed by atoms with Crippen LogP contribution in [-0.2, 0) is 0 Å². The van der Waals surface area contributed by atoms with E-state index in [4.69, 9.17) is 39.9 Å². The molecular formula is C10H19Cl3O. The Morgan fingerprint density at radius 3 is 2.14 bits per heavy atom. The Bertz CT molecular complexity index is 134. The third-order valence-electron chi connectivity index (χ3n) is 2.35. The molecule has 1 nitrogen and oxygen atoms in total. The first-order valence-electron chi connectivity index (χ1n) is 5.20. The summed E-state index contributed by atoms with van der Waals surface area (Å²) in [5, 5.41) is 8.83. The van der Waals surface area contributed by atoms with Crippen molar-refractivity contribution in [3.8, 4) is 0 Å². The van der Waals surface area contributed by atoms with Crippen LogP contribution in [0.4, 0.5) is 0 Å². The number of hydrogen-bond acceptors (Lipinski definition) is 1. The fraction of sp³-hybridized carbons (Fsp3) is 1.00. The summed E-state index contributed by atoms with van der Waals surface area (Å²) >= 11 is 17.4. The van der Waals surface area contributed by atoms with Gasteiger partial charge < -0.3 is 5.11 Å². The van der Waals surface area contributed by atoms with E-state index in [0.29, 0.717) is 6.42 Å². The fourth-order valence-corrected chi connectivity index (χ4v) is 2.10. The Morgan fingerprint density at radius 2 is 1.71 bits per heavy atom. The molecule has 0 saturated carbocycles. The molecule has 0 bridgehead atoms. The van der Waals surface area contributed by atoms with E-state index in [1.54, 1.807) is 0 Å². The Labute approximate surface area is 102 Å². The predicted octanol–water partition coefficient (Wildman–Crippen LogP) is 4.33. The number of aliphatic hydroxyl groups excluding tert-OH is 1. The van der Waals surface area contributed by atoms with Gasteiger partial charge in [-0.2, -0.15) is 0 Å². The Kier molecular flexibility index (Phi) is 8.51. The molecule has 1 N–H and O–H groups in total. The summed E-state index contributed by atoms with van der Waals surface area (Å²) in [5.41, 5.74) is 0. The largest absolute Gasteiger partial charge is 0.396 e. The molecular weight excluding hydrogens is 242 g/mol. The van der Waals surface area contributed by atoms with E-state index in [1.807, 2.05) is 0 Å². The molecule has 0 aromatic carbocycles. The summed E-state index contributed by atoms with van der Waals surface area (Å²) in [7, 11) is 0. The monoisotopic (exact) mass is 260 g/mol. The molecule has 1 atom stereocenters. The number of aliphatic hydroxyl groups is 1. The van der Waals surface area contributed by atoms with Gasteiger partial charge >= 0.3 is 0 Å². The first-order chi connectivity index (χ1) is 6.52. The van der Waals surface area contributed by atoms with Gasteiger partial charge in [-0.25, -0.2) is 0 Å². The smallest absolute Gasteiger partial charge is 0.193 e. The minimum atomic E-state index is -1.23. The molecule has 0 heterocycles. The van der Waals surface area contributed by atoms with Crippen molar-refractivity contribution in [2.75, 3.05) is 6.61 Å². The standard InChI is InChI=1S/C10H19Cl3O/c1-2-3-4-5-6-9(7-8-14)10(11,12)13/h9,14H,2-8H2,1H3. The molecule has 86 valence electrons. The molecule has 0 aliphatic carbocycles. The van der Waals surface area contributed by atoms with E-state index in [-0.39, 0.29) is 12.5 Å². The van der Waals surface area contributed by atoms with E-state index >= 15 is 0 Å². The van der Waals surface area contributed by atoms with Crippen LogP contribution >= 0.6 is 34.8 Å². The first kappa shape index (κ1) is 14.8. The minimum absolute atomic E-state index is 0.0191. The van der Waals surface area contributed by atoms with Crippen LogP contribution in [0.2, 0.25) is 0 Å². The summed E-state index contributed by atoms with van der Waals surface area (Å²) in [6, 6.07) is 0. The molecule has 0 fully saturated rings. The van der Waals surface area contributed by atoms with Crippen molar-refractivity contribution < 1.29 is 5.11 Å². The van der Waals surface area contributed by atoms with Gasteiger partial charge in [-0.15, -0.1) is 0 Å². The van der Waals surface area contributed by atoms with Crippen LogP contribution in [-0.4, -0.2) is 15.5 Å². The number of halogens is 3. The summed E-state index contributed by atoms with van der Waals surface area (Å²) in [5.74, 6) is -0.0191. The highest BCUT2D eigenvalue weighted by atomic mass is 35.6. The molecule has 0 aliphatic heterocycles. The molecule has 1 unspecified atom stereocenters. The van der Waals surface area contributed by atoms with E-state index in [9.17, 15) is 0 Å². The number of hydrogen-bond donors (Lipinski definition) is 1. The van der Waals surface area contributed by atoms with Gasteiger partial charge in [0.1, 0.15) is 0 Å². The van der Waals surface area contributed by atoms with Gasteiger partial charge in [0.15, 0.2) is 3.79 Å². The summed E-state index contributed by atoms with van der Waals surface area (Å²) in [4.78, 5) is 0. The van der Waals surface area contributed by atoms with Crippen molar-refractivity contribution in [3.63, 3.8) is 0 Å². The molecule has 4 heteroatoms. The minimum Gasteiger partial charge on any atom is -0.396 e. The van der Waals surface area contributed by atoms with Crippen molar-refractivity contribution in [1.82, 2.24) is 0 Å². The number of alkyl halides is 3. The second-order valence-corrected chi connectivity index (χ2v) is 5.97. The maximum Gasteiger partial charge on any atom is 0.193 e. The zero-order chi connectivity index (χ0) is 11.0. The highest BCUT2D eigenvalue weighted by Crippen LogP contribution is 2.39. The highest BCUT2D eigenvalue weighted by Gasteiger charge is 2.31. The van der Waals surface area contributed by atoms with Crippen LogP contribution in [0.15, 0.2) is 0 Å². The van der Waals surface area contributed by atoms with Gasteiger partial charge in [-0.1, -0.05) is 67.4 Å². The van der Waals surface area contributed by atoms with Crippen molar-refractivity contribution in [2.45, 2.75) is 49.2 Å². The number of unbranched alkanes of at least 4 members (excludes halogenated alkanes) is 3. The average Bonchev–Trinajstić information content (AvgIpc) is 2.08. The fourth-order valence-electron chi connectivity index (χ4n) is 1.45. The summed E-state index contributed by atoms with van der Waals surface area (Å²) < 4.78 is -1.23. The van der Waals surface area contributed by atoms with Crippen LogP contribution in [0.1, 0.15) is 45.4 Å². The molecule has 0 aliphatic rings. The molecule has 0 aromatic rings. The zero-order valence-electron chi connectivity index (χ0n) is 8.61. The third kappa shape index (κ3) is 7.17. The molecule has 0 rings (SSSR count). The normalized spacial score (nSPS) is 14.4. The van der Waals surface area contributed by atoms with Crippen LogP contribution in [0.3, 0.4) is 0 Å². The van der Waals surface area contributed by atoms with E-state index < -0.39 is 3.79 Å². The predicted molar refractivity (Wildman–Crippen MR) is 64.2 cm³/mol. The van der Waals surface area contributed by atoms with Gasteiger partial charge in [0.25, 0.3) is 0 Å². The molecule has 14 heavy (non-hydrogen) atoms. The topological polar surface area (TPSA) is 20.2 Å². The van der Waals surface area contributed by atoms with Crippen LogP contribution in [0, 0.1) is 5.92 Å². The van der Waals surface area contributed by atoms with Crippen molar-refractivity contribution >= 4 is 34.8 Å². The van der Waals surface area contributed by atoms with Gasteiger partial charge in [0, 0.05) is 12.5 Å². The Balaban J connectivity index is 3.74. The van der Waals surface area contributed by atoms with Crippen LogP contribution < -0.4 is 0 Å². The maximum atomic E-state index is 8.83.